The second-order valence-corrected chi connectivity index (χ2v) is 8.66. The van der Waals surface area contributed by atoms with Crippen LogP contribution >= 0.6 is 24.0 Å². The zero-order valence-electron chi connectivity index (χ0n) is 19.2. The molecule has 0 bridgehead atoms. The second kappa shape index (κ2) is 13.3. The first-order valence-electron chi connectivity index (χ1n) is 11.7. The summed E-state index contributed by atoms with van der Waals surface area (Å²) in [6, 6.07) is 7.68. The van der Waals surface area contributed by atoms with Gasteiger partial charge in [0.15, 0.2) is 5.96 Å². The first-order chi connectivity index (χ1) is 14.7. The van der Waals surface area contributed by atoms with Gasteiger partial charge in [0.1, 0.15) is 0 Å². The monoisotopic (exact) mass is 541 g/mol. The molecule has 31 heavy (non-hydrogen) atoms. The zero-order valence-corrected chi connectivity index (χ0v) is 21.5. The molecule has 3 rings (SSSR count). The highest BCUT2D eigenvalue weighted by atomic mass is 127. The molecule has 0 atom stereocenters. The highest BCUT2D eigenvalue weighted by molar-refractivity contribution is 14.0. The summed E-state index contributed by atoms with van der Waals surface area (Å²) in [7, 11) is 1.65. The van der Waals surface area contributed by atoms with E-state index in [1.54, 1.807) is 7.05 Å². The third kappa shape index (κ3) is 7.34. The molecule has 0 spiro atoms. The Bertz CT molecular complexity index is 694. The minimum absolute atomic E-state index is 0. The van der Waals surface area contributed by atoms with Gasteiger partial charge in [-0.2, -0.15) is 0 Å². The Morgan fingerprint density at radius 1 is 1.00 bits per heavy atom. The minimum atomic E-state index is -0.0597. The Balaban J connectivity index is 0.00000341. The molecule has 1 amide bonds. The Morgan fingerprint density at radius 3 is 2.26 bits per heavy atom. The normalized spacial score (nSPS) is 19.2. The van der Waals surface area contributed by atoms with Crippen molar-refractivity contribution < 1.29 is 4.79 Å². The molecule has 1 aliphatic heterocycles. The van der Waals surface area contributed by atoms with Crippen LogP contribution in [0.2, 0.25) is 0 Å². The van der Waals surface area contributed by atoms with Crippen molar-refractivity contribution in [2.24, 2.45) is 4.99 Å². The third-order valence-corrected chi connectivity index (χ3v) is 6.60. The Morgan fingerprint density at radius 2 is 1.65 bits per heavy atom. The average Bonchev–Trinajstić information content (AvgIpc) is 2.82. The lowest BCUT2D eigenvalue weighted by molar-refractivity contribution is 0.0368. The molecule has 1 aliphatic carbocycles. The average molecular weight is 542 g/mol. The predicted octanol–water partition coefficient (Wildman–Crippen LogP) is 3.91. The fourth-order valence-corrected chi connectivity index (χ4v) is 4.85. The van der Waals surface area contributed by atoms with E-state index in [0.29, 0.717) is 12.1 Å². The van der Waals surface area contributed by atoms with Gasteiger partial charge in [-0.15, -0.1) is 24.0 Å². The van der Waals surface area contributed by atoms with Crippen LogP contribution in [-0.2, 0) is 6.54 Å². The molecule has 1 aromatic rings. The van der Waals surface area contributed by atoms with Gasteiger partial charge in [0.25, 0.3) is 5.91 Å². The van der Waals surface area contributed by atoms with Crippen molar-refractivity contribution in [3.8, 4) is 0 Å². The summed E-state index contributed by atoms with van der Waals surface area (Å²) in [4.78, 5) is 19.3. The van der Waals surface area contributed by atoms with Crippen LogP contribution in [0.3, 0.4) is 0 Å². The molecule has 0 aromatic heterocycles. The third-order valence-electron chi connectivity index (χ3n) is 6.60. The fraction of sp³-hybridized carbons (Fsp3) is 0.667. The number of hydrogen-bond acceptors (Lipinski definition) is 3. The number of amides is 1. The summed E-state index contributed by atoms with van der Waals surface area (Å²) < 4.78 is 0. The summed E-state index contributed by atoms with van der Waals surface area (Å²) in [5, 5.41) is 9.73. The van der Waals surface area contributed by atoms with Crippen molar-refractivity contribution in [3.05, 3.63) is 35.4 Å². The maximum absolute atomic E-state index is 11.7. The zero-order chi connectivity index (χ0) is 21.2. The lowest BCUT2D eigenvalue weighted by Gasteiger charge is -2.48. The topological polar surface area (TPSA) is 68.8 Å². The van der Waals surface area contributed by atoms with E-state index in [1.165, 1.54) is 64.5 Å². The lowest BCUT2D eigenvalue weighted by Crippen LogP contribution is -2.59. The summed E-state index contributed by atoms with van der Waals surface area (Å²) >= 11 is 0. The first kappa shape index (κ1) is 25.9. The van der Waals surface area contributed by atoms with Gasteiger partial charge in [0.2, 0.25) is 0 Å². The molecular formula is C24H40IN5O. The number of piperidine rings is 1. The van der Waals surface area contributed by atoms with Gasteiger partial charge >= 0.3 is 0 Å². The van der Waals surface area contributed by atoms with Crippen LogP contribution in [-0.4, -0.2) is 55.5 Å². The number of hydrogen-bond donors (Lipinski definition) is 3. The maximum Gasteiger partial charge on any atom is 0.251 e. The van der Waals surface area contributed by atoms with E-state index in [9.17, 15) is 4.79 Å². The van der Waals surface area contributed by atoms with Crippen molar-refractivity contribution in [2.45, 2.75) is 70.4 Å². The molecule has 6 nitrogen and oxygen atoms in total. The first-order valence-corrected chi connectivity index (χ1v) is 11.7. The van der Waals surface area contributed by atoms with E-state index in [4.69, 9.17) is 4.99 Å². The molecule has 1 saturated carbocycles. The highest BCUT2D eigenvalue weighted by Crippen LogP contribution is 2.35. The Labute approximate surface area is 205 Å². The van der Waals surface area contributed by atoms with E-state index in [2.05, 4.69) is 27.8 Å². The van der Waals surface area contributed by atoms with Crippen LogP contribution in [0.5, 0.6) is 0 Å². The van der Waals surface area contributed by atoms with Gasteiger partial charge in [0.05, 0.1) is 6.54 Å². The number of carbonyl (C=O) groups is 1. The number of halogens is 1. The summed E-state index contributed by atoms with van der Waals surface area (Å²) in [6.07, 6.45) is 10.7. The number of benzene rings is 1. The van der Waals surface area contributed by atoms with Gasteiger partial charge in [-0.25, -0.2) is 4.99 Å². The number of likely N-dealkylation sites (tertiary alicyclic amines) is 1. The van der Waals surface area contributed by atoms with Crippen molar-refractivity contribution in [1.29, 1.82) is 0 Å². The predicted molar refractivity (Wildman–Crippen MR) is 139 cm³/mol. The molecule has 0 unspecified atom stereocenters. The van der Waals surface area contributed by atoms with Crippen LogP contribution in [0, 0.1) is 0 Å². The molecule has 3 N–H and O–H groups in total. The SMILES string of the molecule is CCNC(=NCc1ccc(C(=O)NC)cc1)NCC1(N2CCCCC2)CCCCC1.I. The van der Waals surface area contributed by atoms with Crippen molar-refractivity contribution in [3.63, 3.8) is 0 Å². The molecule has 2 aliphatic rings. The molecule has 1 aromatic carbocycles. The standard InChI is InChI=1S/C24H39N5O.HI/c1-3-26-23(27-18-20-10-12-21(13-11-20)22(30)25-2)28-19-24(14-6-4-7-15-24)29-16-8-5-9-17-29;/h10-13H,3-9,14-19H2,1-2H3,(H,25,30)(H2,26,27,28);1H. The number of guanidine groups is 1. The van der Waals surface area contributed by atoms with Gasteiger partial charge in [-0.05, 0) is 63.4 Å². The van der Waals surface area contributed by atoms with Crippen LogP contribution < -0.4 is 16.0 Å². The Kier molecular flexibility index (Phi) is 11.1. The van der Waals surface area contributed by atoms with E-state index >= 15 is 0 Å². The number of rotatable bonds is 7. The molecular weight excluding hydrogens is 501 g/mol. The van der Waals surface area contributed by atoms with Crippen LogP contribution in [0.25, 0.3) is 0 Å². The van der Waals surface area contributed by atoms with E-state index in [1.807, 2.05) is 24.3 Å². The number of nitrogens with one attached hydrogen (secondary N) is 3. The van der Waals surface area contributed by atoms with Crippen LogP contribution in [0.15, 0.2) is 29.3 Å². The number of carbonyl (C=O) groups excluding carboxylic acids is 1. The molecule has 2 fully saturated rings. The number of aliphatic imine (C=N–C) groups is 1. The fourth-order valence-electron chi connectivity index (χ4n) is 4.85. The summed E-state index contributed by atoms with van der Waals surface area (Å²) in [5.74, 6) is 0.824. The van der Waals surface area contributed by atoms with Gasteiger partial charge < -0.3 is 16.0 Å². The van der Waals surface area contributed by atoms with E-state index in [-0.39, 0.29) is 35.4 Å². The largest absolute Gasteiger partial charge is 0.357 e. The maximum atomic E-state index is 11.7. The minimum Gasteiger partial charge on any atom is -0.357 e. The van der Waals surface area contributed by atoms with Crippen LogP contribution in [0.4, 0.5) is 0 Å². The van der Waals surface area contributed by atoms with Crippen molar-refractivity contribution in [2.75, 3.05) is 33.2 Å². The quantitative estimate of drug-likeness (QED) is 0.278. The lowest BCUT2D eigenvalue weighted by atomic mass is 9.79. The molecule has 0 radical (unpaired) electrons. The van der Waals surface area contributed by atoms with Crippen LogP contribution in [0.1, 0.15) is 74.2 Å². The molecule has 7 heteroatoms. The van der Waals surface area contributed by atoms with E-state index < -0.39 is 0 Å². The molecule has 174 valence electrons. The highest BCUT2D eigenvalue weighted by Gasteiger charge is 2.38. The second-order valence-electron chi connectivity index (χ2n) is 8.66. The Hall–Kier alpha value is -1.35. The smallest absolute Gasteiger partial charge is 0.251 e. The van der Waals surface area contributed by atoms with Crippen molar-refractivity contribution >= 4 is 35.8 Å². The number of nitrogens with zero attached hydrogens (tertiary/aromatic N) is 2. The summed E-state index contributed by atoms with van der Waals surface area (Å²) in [5.41, 5.74) is 2.06. The molecule has 1 heterocycles. The van der Waals surface area contributed by atoms with Gasteiger partial charge in [-0.1, -0.05) is 37.8 Å². The van der Waals surface area contributed by atoms with Gasteiger partial charge in [0, 0.05) is 31.2 Å². The van der Waals surface area contributed by atoms with Gasteiger partial charge in [-0.3, -0.25) is 9.69 Å². The molecule has 1 saturated heterocycles. The summed E-state index contributed by atoms with van der Waals surface area (Å²) in [6.45, 7) is 7.00. The van der Waals surface area contributed by atoms with Crippen molar-refractivity contribution in [1.82, 2.24) is 20.9 Å². The van der Waals surface area contributed by atoms with E-state index in [0.717, 1.165) is 24.6 Å².